The fourth-order valence-corrected chi connectivity index (χ4v) is 5.40. The van der Waals surface area contributed by atoms with E-state index in [2.05, 4.69) is 6.08 Å². The van der Waals surface area contributed by atoms with Gasteiger partial charge in [0, 0.05) is 0 Å². The minimum Gasteiger partial charge on any atom is -0.389 e. The lowest BCUT2D eigenvalue weighted by atomic mass is 9.45. The molecule has 3 rings (SSSR count). The number of hydrogen-bond acceptors (Lipinski definition) is 6. The van der Waals surface area contributed by atoms with Gasteiger partial charge in [-0.3, -0.25) is 14.4 Å². The normalized spacial score (nSPS) is 46.2. The van der Waals surface area contributed by atoms with E-state index in [0.29, 0.717) is 0 Å². The minimum absolute atomic E-state index is 0.0263. The second-order valence-corrected chi connectivity index (χ2v) is 8.70. The van der Waals surface area contributed by atoms with Gasteiger partial charge in [0.05, 0.1) is 18.1 Å². The van der Waals surface area contributed by atoms with Crippen molar-refractivity contribution in [3.8, 4) is 0 Å². The van der Waals surface area contributed by atoms with Crippen LogP contribution in [0.1, 0.15) is 47.0 Å². The van der Waals surface area contributed by atoms with Gasteiger partial charge in [0.15, 0.2) is 17.7 Å². The van der Waals surface area contributed by atoms with Gasteiger partial charge in [-0.25, -0.2) is 0 Å². The lowest BCUT2D eigenvalue weighted by Gasteiger charge is -2.58. The summed E-state index contributed by atoms with van der Waals surface area (Å²) in [5.74, 6) is -1.37. The van der Waals surface area contributed by atoms with Crippen LogP contribution in [-0.2, 0) is 19.1 Å². The van der Waals surface area contributed by atoms with Gasteiger partial charge in [-0.05, 0) is 50.4 Å². The molecule has 2 unspecified atom stereocenters. The standard InChI is InChI=1S/C20H28O6/c1-11-6-5-7-13-18(3,12(2)16(24)17(25)19(11,13)4)8-14(22)20(10-26-20)15(23)9-21/h6,9,12-14,16,22,24H,5,7-8,10H2,1-4H3/t12?,13-,14+,16+,18?,19+,20-/m1/s1. The van der Waals surface area contributed by atoms with Gasteiger partial charge in [0.2, 0.25) is 5.78 Å². The zero-order valence-electron chi connectivity index (χ0n) is 15.8. The zero-order valence-corrected chi connectivity index (χ0v) is 15.8. The largest absolute Gasteiger partial charge is 0.389 e. The molecule has 144 valence electrons. The Morgan fingerprint density at radius 3 is 2.62 bits per heavy atom. The number of Topliss-reactive ketones (excluding diaryl/α,β-unsaturated/α-hetero) is 2. The van der Waals surface area contributed by atoms with Crippen molar-refractivity contribution in [3.63, 3.8) is 0 Å². The van der Waals surface area contributed by atoms with Crippen molar-refractivity contribution in [2.75, 3.05) is 6.61 Å². The van der Waals surface area contributed by atoms with Crippen molar-refractivity contribution in [2.45, 2.75) is 64.8 Å². The van der Waals surface area contributed by atoms with E-state index < -0.39 is 34.4 Å². The summed E-state index contributed by atoms with van der Waals surface area (Å²) in [5.41, 5.74) is -1.87. The molecule has 2 aliphatic carbocycles. The molecule has 1 saturated heterocycles. The van der Waals surface area contributed by atoms with Gasteiger partial charge >= 0.3 is 0 Å². The molecule has 2 fully saturated rings. The summed E-state index contributed by atoms with van der Waals surface area (Å²) in [7, 11) is 0. The number of rotatable bonds is 5. The SMILES string of the molecule is CC1=CCC[C@@H]2C(C)(C[C@H](O)[C@@]3(C(=O)C=O)CO3)C(C)[C@H](O)C(=O)[C@@]12C. The second kappa shape index (κ2) is 6.08. The second-order valence-electron chi connectivity index (χ2n) is 8.70. The Morgan fingerprint density at radius 1 is 1.46 bits per heavy atom. The lowest BCUT2D eigenvalue weighted by molar-refractivity contribution is -0.169. The quantitative estimate of drug-likeness (QED) is 0.329. The predicted molar refractivity (Wildman–Crippen MR) is 93.3 cm³/mol. The molecule has 0 radical (unpaired) electrons. The smallest absolute Gasteiger partial charge is 0.231 e. The van der Waals surface area contributed by atoms with Gasteiger partial charge in [-0.15, -0.1) is 0 Å². The van der Waals surface area contributed by atoms with E-state index in [4.69, 9.17) is 4.74 Å². The molecule has 7 atom stereocenters. The third-order valence-corrected chi connectivity index (χ3v) is 7.66. The maximum Gasteiger partial charge on any atom is 0.231 e. The number of carbonyl (C=O) groups excluding carboxylic acids is 3. The van der Waals surface area contributed by atoms with Crippen LogP contribution in [0.5, 0.6) is 0 Å². The predicted octanol–water partition coefficient (Wildman–Crippen LogP) is 1.22. The summed E-state index contributed by atoms with van der Waals surface area (Å²) in [6, 6.07) is 0. The number of fused-ring (bicyclic) bond motifs is 1. The van der Waals surface area contributed by atoms with Gasteiger partial charge in [0.1, 0.15) is 6.10 Å². The van der Waals surface area contributed by atoms with Crippen LogP contribution in [0.4, 0.5) is 0 Å². The number of aldehydes is 1. The van der Waals surface area contributed by atoms with Gasteiger partial charge in [0.25, 0.3) is 0 Å². The van der Waals surface area contributed by atoms with Crippen LogP contribution in [0.2, 0.25) is 0 Å². The number of ketones is 2. The van der Waals surface area contributed by atoms with E-state index in [9.17, 15) is 24.6 Å². The Hall–Kier alpha value is -1.37. The number of aliphatic hydroxyl groups excluding tert-OH is 2. The Morgan fingerprint density at radius 2 is 2.08 bits per heavy atom. The summed E-state index contributed by atoms with van der Waals surface area (Å²) >= 11 is 0. The third-order valence-electron chi connectivity index (χ3n) is 7.66. The van der Waals surface area contributed by atoms with Gasteiger partial charge in [-0.2, -0.15) is 0 Å². The molecule has 0 spiro atoms. The van der Waals surface area contributed by atoms with E-state index in [1.54, 1.807) is 0 Å². The average molecular weight is 364 g/mol. The molecule has 0 amide bonds. The highest BCUT2D eigenvalue weighted by Gasteiger charge is 2.65. The first-order valence-corrected chi connectivity index (χ1v) is 9.27. The Balaban J connectivity index is 1.99. The molecule has 0 aromatic heterocycles. The highest BCUT2D eigenvalue weighted by atomic mass is 16.6. The van der Waals surface area contributed by atoms with Crippen molar-refractivity contribution in [3.05, 3.63) is 11.6 Å². The summed E-state index contributed by atoms with van der Waals surface area (Å²) in [4.78, 5) is 35.8. The first kappa shape index (κ1) is 19.4. The number of aliphatic hydroxyl groups is 2. The first-order valence-electron chi connectivity index (χ1n) is 9.27. The molecule has 1 heterocycles. The van der Waals surface area contributed by atoms with Crippen molar-refractivity contribution in [2.24, 2.45) is 22.7 Å². The van der Waals surface area contributed by atoms with Crippen LogP contribution in [0.3, 0.4) is 0 Å². The molecule has 3 aliphatic rings. The Kier molecular flexibility index (Phi) is 4.53. The highest BCUT2D eigenvalue weighted by molar-refractivity contribution is 6.30. The van der Waals surface area contributed by atoms with E-state index in [1.165, 1.54) is 0 Å². The van der Waals surface area contributed by atoms with E-state index in [0.717, 1.165) is 18.4 Å². The van der Waals surface area contributed by atoms with E-state index in [-0.39, 0.29) is 36.9 Å². The number of epoxide rings is 1. The van der Waals surface area contributed by atoms with Crippen molar-refractivity contribution in [1.82, 2.24) is 0 Å². The third kappa shape index (κ3) is 2.38. The van der Waals surface area contributed by atoms with Crippen LogP contribution >= 0.6 is 0 Å². The molecule has 2 N–H and O–H groups in total. The average Bonchev–Trinajstić information content (AvgIpc) is 3.42. The topological polar surface area (TPSA) is 104 Å². The number of hydrogen-bond donors (Lipinski definition) is 2. The molecule has 0 bridgehead atoms. The summed E-state index contributed by atoms with van der Waals surface area (Å²) in [6.07, 6.45) is 1.76. The van der Waals surface area contributed by atoms with E-state index >= 15 is 0 Å². The highest BCUT2D eigenvalue weighted by Crippen LogP contribution is 2.61. The molecule has 0 aromatic rings. The summed E-state index contributed by atoms with van der Waals surface area (Å²) in [6.45, 7) is 7.62. The number of ether oxygens (including phenoxy) is 1. The van der Waals surface area contributed by atoms with Crippen molar-refractivity contribution < 1.29 is 29.3 Å². The van der Waals surface area contributed by atoms with Crippen LogP contribution < -0.4 is 0 Å². The maximum atomic E-state index is 13.0. The first-order chi connectivity index (χ1) is 12.1. The molecule has 6 heteroatoms. The molecular formula is C20H28O6. The number of allylic oxidation sites excluding steroid dienone is 2. The van der Waals surface area contributed by atoms with Crippen LogP contribution in [0.15, 0.2) is 11.6 Å². The minimum atomic E-state index is -1.45. The summed E-state index contributed by atoms with van der Waals surface area (Å²) < 4.78 is 5.19. The van der Waals surface area contributed by atoms with Crippen molar-refractivity contribution in [1.29, 1.82) is 0 Å². The molecule has 0 aromatic carbocycles. The van der Waals surface area contributed by atoms with Crippen LogP contribution in [0, 0.1) is 22.7 Å². The Labute approximate surface area is 153 Å². The van der Waals surface area contributed by atoms with Crippen molar-refractivity contribution >= 4 is 17.9 Å². The molecule has 1 saturated carbocycles. The fraction of sp³-hybridized carbons (Fsp3) is 0.750. The maximum absolute atomic E-state index is 13.0. The number of carbonyl (C=O) groups is 3. The van der Waals surface area contributed by atoms with Gasteiger partial charge < -0.3 is 14.9 Å². The van der Waals surface area contributed by atoms with Crippen LogP contribution in [0.25, 0.3) is 0 Å². The zero-order chi connectivity index (χ0) is 19.5. The van der Waals surface area contributed by atoms with Gasteiger partial charge in [-0.1, -0.05) is 25.5 Å². The Bertz CT molecular complexity index is 678. The lowest BCUT2D eigenvalue weighted by Crippen LogP contribution is -2.62. The summed E-state index contributed by atoms with van der Waals surface area (Å²) in [5, 5.41) is 21.5. The van der Waals surface area contributed by atoms with Crippen LogP contribution in [-0.4, -0.2) is 52.5 Å². The monoisotopic (exact) mass is 364 g/mol. The molecule has 26 heavy (non-hydrogen) atoms. The molecule has 6 nitrogen and oxygen atoms in total. The molecular weight excluding hydrogens is 336 g/mol. The molecule has 1 aliphatic heterocycles. The fourth-order valence-electron chi connectivity index (χ4n) is 5.40. The van der Waals surface area contributed by atoms with E-state index in [1.807, 2.05) is 27.7 Å².